The highest BCUT2D eigenvalue weighted by Crippen LogP contribution is 2.41. The quantitative estimate of drug-likeness (QED) is 0.475. The SMILES string of the molecule is COC1(c2cc3c(N[C@H](C)c4cccc(C(F)F)c4F)ncnc3n(C)c2=O)CCC(S(C)(=O)=O)CC1. The summed E-state index contributed by atoms with van der Waals surface area (Å²) in [5, 5.41) is 3.03. The van der Waals surface area contributed by atoms with Gasteiger partial charge in [0, 0.05) is 26.0 Å². The number of rotatable bonds is 7. The number of halogens is 3. The lowest BCUT2D eigenvalue weighted by atomic mass is 9.79. The second kappa shape index (κ2) is 10.1. The van der Waals surface area contributed by atoms with Crippen LogP contribution in [-0.4, -0.2) is 41.6 Å². The molecule has 1 aliphatic rings. The zero-order valence-electron chi connectivity index (χ0n) is 21.0. The van der Waals surface area contributed by atoms with Crippen LogP contribution in [0.3, 0.4) is 0 Å². The number of sulfone groups is 1. The Balaban J connectivity index is 1.77. The summed E-state index contributed by atoms with van der Waals surface area (Å²) in [6, 6.07) is 4.72. The molecule has 0 amide bonds. The number of aryl methyl sites for hydroxylation is 1. The third-order valence-electron chi connectivity index (χ3n) is 7.34. The summed E-state index contributed by atoms with van der Waals surface area (Å²) >= 11 is 0. The van der Waals surface area contributed by atoms with Crippen molar-refractivity contribution in [3.05, 3.63) is 63.5 Å². The van der Waals surface area contributed by atoms with Crippen molar-refractivity contribution in [2.24, 2.45) is 7.05 Å². The molecule has 3 aromatic rings. The highest BCUT2D eigenvalue weighted by molar-refractivity contribution is 7.91. The van der Waals surface area contributed by atoms with Crippen LogP contribution in [-0.2, 0) is 27.2 Å². The van der Waals surface area contributed by atoms with E-state index in [1.54, 1.807) is 20.0 Å². The standard InChI is InChI=1S/C25H29F3N4O4S/c1-14(16-6-5-7-17(20(16)26)21(27)28)31-22-18-12-19(24(33)32(2)23(18)30-13-29-22)25(36-3)10-8-15(9-11-25)37(4,34)35/h5-7,12-15,21H,8-11H2,1-4H3,(H,29,30,31)/t14-,15?,25?/m1/s1. The number of nitrogens with one attached hydrogen (secondary N) is 1. The molecule has 1 aromatic carbocycles. The number of pyridine rings is 1. The summed E-state index contributed by atoms with van der Waals surface area (Å²) in [7, 11) is -0.171. The number of ether oxygens (including phenoxy) is 1. The lowest BCUT2D eigenvalue weighted by molar-refractivity contribution is -0.0449. The highest BCUT2D eigenvalue weighted by Gasteiger charge is 2.42. The van der Waals surface area contributed by atoms with Gasteiger partial charge in [-0.05, 0) is 38.7 Å². The Morgan fingerprint density at radius 3 is 2.43 bits per heavy atom. The molecule has 37 heavy (non-hydrogen) atoms. The largest absolute Gasteiger partial charge is 0.373 e. The van der Waals surface area contributed by atoms with Crippen LogP contribution in [0.1, 0.15) is 61.8 Å². The molecule has 4 rings (SSSR count). The Hall–Kier alpha value is -2.99. The summed E-state index contributed by atoms with van der Waals surface area (Å²) in [5.41, 5.74) is -1.32. The molecule has 0 saturated heterocycles. The van der Waals surface area contributed by atoms with Crippen molar-refractivity contribution in [1.82, 2.24) is 14.5 Å². The van der Waals surface area contributed by atoms with Crippen LogP contribution in [0.15, 0.2) is 35.4 Å². The molecule has 1 fully saturated rings. The maximum Gasteiger partial charge on any atom is 0.266 e. The van der Waals surface area contributed by atoms with Crippen LogP contribution in [0.2, 0.25) is 0 Å². The summed E-state index contributed by atoms with van der Waals surface area (Å²) < 4.78 is 72.5. The molecule has 1 aliphatic carbocycles. The van der Waals surface area contributed by atoms with E-state index in [0.717, 1.165) is 6.07 Å². The average Bonchev–Trinajstić information content (AvgIpc) is 2.85. The molecule has 200 valence electrons. The molecule has 0 aliphatic heterocycles. The first-order chi connectivity index (χ1) is 17.4. The molecular weight excluding hydrogens is 509 g/mol. The van der Waals surface area contributed by atoms with Crippen molar-refractivity contribution in [3.8, 4) is 0 Å². The minimum Gasteiger partial charge on any atom is -0.373 e. The zero-order chi connectivity index (χ0) is 27.1. The smallest absolute Gasteiger partial charge is 0.266 e. The summed E-state index contributed by atoms with van der Waals surface area (Å²) in [5.74, 6) is -0.711. The molecule has 0 unspecified atom stereocenters. The lowest BCUT2D eigenvalue weighted by Gasteiger charge is -2.38. The van der Waals surface area contributed by atoms with Crippen molar-refractivity contribution >= 4 is 26.7 Å². The van der Waals surface area contributed by atoms with E-state index in [9.17, 15) is 26.4 Å². The number of aromatic nitrogens is 3. The molecule has 1 atom stereocenters. The van der Waals surface area contributed by atoms with Crippen molar-refractivity contribution in [3.63, 3.8) is 0 Å². The number of hydrogen-bond donors (Lipinski definition) is 1. The third-order valence-corrected chi connectivity index (χ3v) is 9.03. The minimum absolute atomic E-state index is 0.0436. The molecule has 0 spiro atoms. The Bertz CT molecular complexity index is 1490. The topological polar surface area (TPSA) is 103 Å². The lowest BCUT2D eigenvalue weighted by Crippen LogP contribution is -2.42. The van der Waals surface area contributed by atoms with Crippen LogP contribution in [0.25, 0.3) is 11.0 Å². The monoisotopic (exact) mass is 538 g/mol. The molecule has 2 heterocycles. The van der Waals surface area contributed by atoms with E-state index in [-0.39, 0.29) is 16.9 Å². The maximum absolute atomic E-state index is 14.8. The number of methoxy groups -OCH3 is 1. The molecule has 0 radical (unpaired) electrons. The molecule has 0 bridgehead atoms. The first kappa shape index (κ1) is 27.1. The van der Waals surface area contributed by atoms with Crippen LogP contribution in [0, 0.1) is 5.82 Å². The van der Waals surface area contributed by atoms with Gasteiger partial charge >= 0.3 is 0 Å². The summed E-state index contributed by atoms with van der Waals surface area (Å²) in [6.45, 7) is 1.62. The van der Waals surface area contributed by atoms with Crippen molar-refractivity contribution in [1.29, 1.82) is 0 Å². The van der Waals surface area contributed by atoms with E-state index < -0.39 is 44.5 Å². The number of anilines is 1. The van der Waals surface area contributed by atoms with E-state index >= 15 is 0 Å². The van der Waals surface area contributed by atoms with Crippen LogP contribution >= 0.6 is 0 Å². The predicted octanol–water partition coefficient (Wildman–Crippen LogP) is 4.41. The summed E-state index contributed by atoms with van der Waals surface area (Å²) in [6.07, 6.45) is 0.879. The number of nitrogens with zero attached hydrogens (tertiary/aromatic N) is 3. The van der Waals surface area contributed by atoms with Gasteiger partial charge in [0.05, 0.1) is 33.4 Å². The fourth-order valence-corrected chi connectivity index (χ4v) is 6.23. The van der Waals surface area contributed by atoms with Gasteiger partial charge in [-0.25, -0.2) is 31.6 Å². The number of benzene rings is 1. The van der Waals surface area contributed by atoms with E-state index in [4.69, 9.17) is 4.74 Å². The molecule has 2 aromatic heterocycles. The molecule has 8 nitrogen and oxygen atoms in total. The van der Waals surface area contributed by atoms with Gasteiger partial charge in [-0.3, -0.25) is 9.36 Å². The van der Waals surface area contributed by atoms with Gasteiger partial charge in [0.15, 0.2) is 0 Å². The van der Waals surface area contributed by atoms with Crippen molar-refractivity contribution < 1.29 is 26.3 Å². The maximum atomic E-state index is 14.8. The normalized spacial score (nSPS) is 21.4. The van der Waals surface area contributed by atoms with Gasteiger partial charge in [-0.1, -0.05) is 18.2 Å². The van der Waals surface area contributed by atoms with E-state index in [1.807, 2.05) is 0 Å². The van der Waals surface area contributed by atoms with Gasteiger partial charge in [0.25, 0.3) is 12.0 Å². The van der Waals surface area contributed by atoms with Crippen molar-refractivity contribution in [2.75, 3.05) is 18.7 Å². The zero-order valence-corrected chi connectivity index (χ0v) is 21.8. The second-order valence-corrected chi connectivity index (χ2v) is 11.9. The van der Waals surface area contributed by atoms with E-state index in [1.165, 1.54) is 36.4 Å². The number of hydrogen-bond acceptors (Lipinski definition) is 7. The van der Waals surface area contributed by atoms with Crippen LogP contribution in [0.5, 0.6) is 0 Å². The van der Waals surface area contributed by atoms with Gasteiger partial charge in [0.1, 0.15) is 33.4 Å². The Kier molecular flexibility index (Phi) is 7.35. The average molecular weight is 539 g/mol. The van der Waals surface area contributed by atoms with Crippen LogP contribution < -0.4 is 10.9 Å². The Morgan fingerprint density at radius 2 is 1.84 bits per heavy atom. The second-order valence-electron chi connectivity index (χ2n) is 9.53. The molecular formula is C25H29F3N4O4S. The highest BCUT2D eigenvalue weighted by atomic mass is 32.2. The van der Waals surface area contributed by atoms with Gasteiger partial charge in [-0.15, -0.1) is 0 Å². The first-order valence-corrected chi connectivity index (χ1v) is 13.8. The van der Waals surface area contributed by atoms with E-state index in [2.05, 4.69) is 15.3 Å². The minimum atomic E-state index is -3.22. The number of fused-ring (bicyclic) bond motifs is 1. The molecule has 12 heteroatoms. The Labute approximate surface area is 212 Å². The fraction of sp³-hybridized carbons (Fsp3) is 0.480. The fourth-order valence-electron chi connectivity index (χ4n) is 5.13. The van der Waals surface area contributed by atoms with Crippen LogP contribution in [0.4, 0.5) is 19.0 Å². The number of alkyl halides is 2. The molecule has 1 N–H and O–H groups in total. The molecule has 1 saturated carbocycles. The van der Waals surface area contributed by atoms with Gasteiger partial charge < -0.3 is 10.1 Å². The van der Waals surface area contributed by atoms with Crippen molar-refractivity contribution in [2.45, 2.75) is 55.9 Å². The summed E-state index contributed by atoms with van der Waals surface area (Å²) in [4.78, 5) is 21.9. The van der Waals surface area contributed by atoms with E-state index in [0.29, 0.717) is 42.3 Å². The Morgan fingerprint density at radius 1 is 1.19 bits per heavy atom. The third kappa shape index (κ3) is 4.96. The first-order valence-electron chi connectivity index (χ1n) is 11.8. The predicted molar refractivity (Wildman–Crippen MR) is 134 cm³/mol. The van der Waals surface area contributed by atoms with Gasteiger partial charge in [-0.2, -0.15) is 0 Å². The van der Waals surface area contributed by atoms with Gasteiger partial charge in [0.2, 0.25) is 0 Å².